The normalized spacial score (nSPS) is 10.8. The quantitative estimate of drug-likeness (QED) is 0.689. The molecule has 0 unspecified atom stereocenters. The van der Waals surface area contributed by atoms with E-state index in [1.54, 1.807) is 0 Å². The number of nitrogens with one attached hydrogen (secondary N) is 1. The second kappa shape index (κ2) is 4.46. The fourth-order valence-corrected chi connectivity index (χ4v) is 2.18. The lowest BCUT2D eigenvalue weighted by Gasteiger charge is -2.02. The highest BCUT2D eigenvalue weighted by atomic mass is 14.7. The van der Waals surface area contributed by atoms with E-state index in [1.807, 2.05) is 6.20 Å². The largest absolute Gasteiger partial charge is 0.361 e. The van der Waals surface area contributed by atoms with Crippen molar-refractivity contribution in [3.8, 4) is 0 Å². The lowest BCUT2D eigenvalue weighted by Crippen LogP contribution is -1.90. The average molecular weight is 221 g/mol. The van der Waals surface area contributed by atoms with E-state index < -0.39 is 0 Å². The SMILES string of the molecule is c1ccc(CCc2ccc3cc[nH]c3c2)cc1. The molecule has 0 amide bonds. The van der Waals surface area contributed by atoms with Gasteiger partial charge in [0.25, 0.3) is 0 Å². The van der Waals surface area contributed by atoms with Gasteiger partial charge in [-0.25, -0.2) is 0 Å². The van der Waals surface area contributed by atoms with Crippen LogP contribution in [0.3, 0.4) is 0 Å². The van der Waals surface area contributed by atoms with Crippen molar-refractivity contribution in [2.75, 3.05) is 0 Å². The van der Waals surface area contributed by atoms with Crippen LogP contribution >= 0.6 is 0 Å². The molecule has 1 nitrogen and oxygen atoms in total. The van der Waals surface area contributed by atoms with Crippen LogP contribution in [-0.2, 0) is 12.8 Å². The Morgan fingerprint density at radius 2 is 1.59 bits per heavy atom. The highest BCUT2D eigenvalue weighted by Crippen LogP contribution is 2.15. The number of aromatic amines is 1. The van der Waals surface area contributed by atoms with E-state index in [1.165, 1.54) is 22.0 Å². The smallest absolute Gasteiger partial charge is 0.0456 e. The van der Waals surface area contributed by atoms with Gasteiger partial charge in [-0.15, -0.1) is 0 Å². The summed E-state index contributed by atoms with van der Waals surface area (Å²) >= 11 is 0. The molecular formula is C16H15N. The molecule has 2 aromatic carbocycles. The van der Waals surface area contributed by atoms with Crippen molar-refractivity contribution in [1.82, 2.24) is 4.98 Å². The highest BCUT2D eigenvalue weighted by molar-refractivity contribution is 5.79. The van der Waals surface area contributed by atoms with E-state index in [0.717, 1.165) is 12.8 Å². The van der Waals surface area contributed by atoms with E-state index in [-0.39, 0.29) is 0 Å². The van der Waals surface area contributed by atoms with Crippen molar-refractivity contribution >= 4 is 10.9 Å². The van der Waals surface area contributed by atoms with Gasteiger partial charge in [0.15, 0.2) is 0 Å². The maximum Gasteiger partial charge on any atom is 0.0456 e. The number of benzene rings is 2. The van der Waals surface area contributed by atoms with Gasteiger partial charge in [-0.2, -0.15) is 0 Å². The third-order valence-corrected chi connectivity index (χ3v) is 3.16. The first kappa shape index (κ1) is 10.2. The number of aryl methyl sites for hydroxylation is 2. The van der Waals surface area contributed by atoms with E-state index in [9.17, 15) is 0 Å². The van der Waals surface area contributed by atoms with Crippen LogP contribution in [0.2, 0.25) is 0 Å². The van der Waals surface area contributed by atoms with Crippen LogP contribution in [0.25, 0.3) is 10.9 Å². The van der Waals surface area contributed by atoms with Crippen molar-refractivity contribution in [3.05, 3.63) is 71.9 Å². The molecule has 0 spiro atoms. The first-order valence-electron chi connectivity index (χ1n) is 6.02. The van der Waals surface area contributed by atoms with Gasteiger partial charge in [-0.3, -0.25) is 0 Å². The molecule has 0 aliphatic heterocycles. The molecule has 0 bridgehead atoms. The molecule has 0 radical (unpaired) electrons. The summed E-state index contributed by atoms with van der Waals surface area (Å²) in [6.07, 6.45) is 4.19. The minimum absolute atomic E-state index is 1.10. The Bertz CT molecular complexity index is 608. The predicted molar refractivity (Wildman–Crippen MR) is 72.1 cm³/mol. The molecule has 3 aromatic rings. The van der Waals surface area contributed by atoms with Crippen LogP contribution in [0, 0.1) is 0 Å². The number of rotatable bonds is 3. The van der Waals surface area contributed by atoms with Gasteiger partial charge in [0.1, 0.15) is 0 Å². The summed E-state index contributed by atoms with van der Waals surface area (Å²) in [7, 11) is 0. The monoisotopic (exact) mass is 221 g/mol. The third-order valence-electron chi connectivity index (χ3n) is 3.16. The molecule has 17 heavy (non-hydrogen) atoms. The Balaban J connectivity index is 1.76. The second-order valence-electron chi connectivity index (χ2n) is 4.38. The van der Waals surface area contributed by atoms with E-state index in [0.29, 0.717) is 0 Å². The van der Waals surface area contributed by atoms with Gasteiger partial charge in [-0.05, 0) is 41.5 Å². The molecular weight excluding hydrogens is 206 g/mol. The fraction of sp³-hybridized carbons (Fsp3) is 0.125. The number of hydrogen-bond acceptors (Lipinski definition) is 0. The summed E-state index contributed by atoms with van der Waals surface area (Å²) in [4.78, 5) is 3.26. The van der Waals surface area contributed by atoms with Crippen molar-refractivity contribution in [2.45, 2.75) is 12.8 Å². The van der Waals surface area contributed by atoms with Gasteiger partial charge < -0.3 is 4.98 Å². The van der Waals surface area contributed by atoms with Gasteiger partial charge >= 0.3 is 0 Å². The number of aromatic nitrogens is 1. The third kappa shape index (κ3) is 2.23. The number of fused-ring (bicyclic) bond motifs is 1. The summed E-state index contributed by atoms with van der Waals surface area (Å²) in [5.41, 5.74) is 4.03. The van der Waals surface area contributed by atoms with Crippen LogP contribution in [0.4, 0.5) is 0 Å². The van der Waals surface area contributed by atoms with Gasteiger partial charge in [0.05, 0.1) is 0 Å². The summed E-state index contributed by atoms with van der Waals surface area (Å²) in [5, 5.41) is 1.29. The van der Waals surface area contributed by atoms with E-state index in [2.05, 4.69) is 59.6 Å². The molecule has 1 aromatic heterocycles. The van der Waals surface area contributed by atoms with E-state index in [4.69, 9.17) is 0 Å². The highest BCUT2D eigenvalue weighted by Gasteiger charge is 1.98. The van der Waals surface area contributed by atoms with Crippen LogP contribution in [0.1, 0.15) is 11.1 Å². The minimum Gasteiger partial charge on any atom is -0.361 e. The molecule has 0 atom stereocenters. The maximum atomic E-state index is 3.26. The number of H-pyrrole nitrogens is 1. The molecule has 1 N–H and O–H groups in total. The van der Waals surface area contributed by atoms with Gasteiger partial charge in [-0.1, -0.05) is 42.5 Å². The van der Waals surface area contributed by atoms with Crippen molar-refractivity contribution in [3.63, 3.8) is 0 Å². The summed E-state index contributed by atoms with van der Waals surface area (Å²) in [5.74, 6) is 0. The van der Waals surface area contributed by atoms with Crippen LogP contribution in [0.15, 0.2) is 60.8 Å². The Morgan fingerprint density at radius 1 is 0.765 bits per heavy atom. The maximum absolute atomic E-state index is 3.26. The van der Waals surface area contributed by atoms with E-state index >= 15 is 0 Å². The summed E-state index contributed by atoms with van der Waals surface area (Å²) in [6.45, 7) is 0. The zero-order valence-electron chi connectivity index (χ0n) is 9.69. The van der Waals surface area contributed by atoms with Crippen LogP contribution in [-0.4, -0.2) is 4.98 Å². The standard InChI is InChI=1S/C16H15N/c1-2-4-13(5-3-1)6-7-14-8-9-15-10-11-17-16(15)12-14/h1-5,8-12,17H,6-7H2. The first-order chi connectivity index (χ1) is 8.42. The molecule has 0 fully saturated rings. The fourth-order valence-electron chi connectivity index (χ4n) is 2.18. The molecule has 0 saturated heterocycles. The summed E-state index contributed by atoms with van der Waals surface area (Å²) in [6, 6.07) is 19.4. The van der Waals surface area contributed by atoms with Crippen molar-refractivity contribution in [2.24, 2.45) is 0 Å². The number of hydrogen-bond donors (Lipinski definition) is 1. The molecule has 84 valence electrons. The lowest BCUT2D eigenvalue weighted by atomic mass is 10.0. The molecule has 1 heteroatoms. The molecule has 1 heterocycles. The first-order valence-corrected chi connectivity index (χ1v) is 6.02. The Kier molecular flexibility index (Phi) is 2.66. The van der Waals surface area contributed by atoms with Crippen molar-refractivity contribution < 1.29 is 0 Å². The Labute approximate surface area is 101 Å². The molecule has 3 rings (SSSR count). The second-order valence-corrected chi connectivity index (χ2v) is 4.38. The predicted octanol–water partition coefficient (Wildman–Crippen LogP) is 3.95. The minimum atomic E-state index is 1.10. The van der Waals surface area contributed by atoms with Gasteiger partial charge in [0, 0.05) is 11.7 Å². The van der Waals surface area contributed by atoms with Crippen molar-refractivity contribution in [1.29, 1.82) is 0 Å². The van der Waals surface area contributed by atoms with Crippen LogP contribution in [0.5, 0.6) is 0 Å². The zero-order valence-corrected chi connectivity index (χ0v) is 9.69. The molecule has 0 aliphatic carbocycles. The van der Waals surface area contributed by atoms with Crippen LogP contribution < -0.4 is 0 Å². The average Bonchev–Trinajstić information content (AvgIpc) is 2.85. The van der Waals surface area contributed by atoms with Gasteiger partial charge in [0.2, 0.25) is 0 Å². The summed E-state index contributed by atoms with van der Waals surface area (Å²) < 4.78 is 0. The topological polar surface area (TPSA) is 15.8 Å². The molecule has 0 aliphatic rings. The Hall–Kier alpha value is -2.02. The lowest BCUT2D eigenvalue weighted by molar-refractivity contribution is 0.962. The zero-order chi connectivity index (χ0) is 11.5. The molecule has 0 saturated carbocycles. The Morgan fingerprint density at radius 3 is 2.47 bits per heavy atom.